The Kier molecular flexibility index (Phi) is 7.21. The lowest BCUT2D eigenvalue weighted by atomic mass is 10.2. The fourth-order valence-electron chi connectivity index (χ4n) is 1.74. The number of aliphatic carboxylic acids is 2. The molecule has 7 heteroatoms. The van der Waals surface area contributed by atoms with E-state index in [1.54, 1.807) is 0 Å². The van der Waals surface area contributed by atoms with Crippen LogP contribution < -0.4 is 5.32 Å². The molecule has 1 saturated heterocycles. The van der Waals surface area contributed by atoms with Gasteiger partial charge in [-0.05, 0) is 11.6 Å². The van der Waals surface area contributed by atoms with Crippen molar-refractivity contribution in [3.05, 3.63) is 34.3 Å². The van der Waals surface area contributed by atoms with Crippen LogP contribution >= 0.6 is 15.9 Å². The van der Waals surface area contributed by atoms with Gasteiger partial charge in [0, 0.05) is 37.2 Å². The highest BCUT2D eigenvalue weighted by Crippen LogP contribution is 2.17. The van der Waals surface area contributed by atoms with Crippen molar-refractivity contribution >= 4 is 27.9 Å². The number of carboxylic acid groups (broad SMARTS) is 2. The summed E-state index contributed by atoms with van der Waals surface area (Å²) in [5.74, 6) is -3.65. The van der Waals surface area contributed by atoms with E-state index in [-0.39, 0.29) is 0 Å². The van der Waals surface area contributed by atoms with Crippen molar-refractivity contribution in [1.82, 2.24) is 10.2 Å². The molecular formula is C13H17BrN2O4. The summed E-state index contributed by atoms with van der Waals surface area (Å²) in [6, 6.07) is 8.46. The highest BCUT2D eigenvalue weighted by Gasteiger charge is 2.10. The molecule has 20 heavy (non-hydrogen) atoms. The number of rotatable bonds is 2. The molecule has 0 radical (unpaired) electrons. The van der Waals surface area contributed by atoms with E-state index in [0.29, 0.717) is 0 Å². The van der Waals surface area contributed by atoms with Crippen LogP contribution in [0.1, 0.15) is 5.56 Å². The van der Waals surface area contributed by atoms with E-state index >= 15 is 0 Å². The SMILES string of the molecule is Brc1ccccc1CN1CCNCC1.O=C(O)C(=O)O. The summed E-state index contributed by atoms with van der Waals surface area (Å²) in [4.78, 5) is 20.7. The first-order valence-electron chi connectivity index (χ1n) is 6.13. The molecule has 0 saturated carbocycles. The van der Waals surface area contributed by atoms with Gasteiger partial charge in [0.2, 0.25) is 0 Å². The molecule has 1 aromatic rings. The number of piperazine rings is 1. The summed E-state index contributed by atoms with van der Waals surface area (Å²) in [6.45, 7) is 5.60. The molecule has 0 spiro atoms. The average Bonchev–Trinajstić information content (AvgIpc) is 2.43. The number of benzene rings is 1. The molecule has 0 atom stereocenters. The molecule has 3 N–H and O–H groups in total. The monoisotopic (exact) mass is 344 g/mol. The van der Waals surface area contributed by atoms with Gasteiger partial charge in [-0.1, -0.05) is 34.1 Å². The Labute approximate surface area is 125 Å². The minimum Gasteiger partial charge on any atom is -0.473 e. The Morgan fingerprint density at radius 3 is 2.20 bits per heavy atom. The van der Waals surface area contributed by atoms with E-state index in [1.165, 1.54) is 10.0 Å². The number of nitrogens with one attached hydrogen (secondary N) is 1. The van der Waals surface area contributed by atoms with E-state index in [4.69, 9.17) is 19.8 Å². The predicted molar refractivity (Wildman–Crippen MR) is 77.6 cm³/mol. The molecule has 0 aromatic heterocycles. The molecule has 6 nitrogen and oxygen atoms in total. The van der Waals surface area contributed by atoms with E-state index in [0.717, 1.165) is 32.7 Å². The van der Waals surface area contributed by atoms with Gasteiger partial charge in [0.15, 0.2) is 0 Å². The van der Waals surface area contributed by atoms with Gasteiger partial charge < -0.3 is 15.5 Å². The third-order valence-electron chi connectivity index (χ3n) is 2.74. The molecule has 2 rings (SSSR count). The second-order valence-electron chi connectivity index (χ2n) is 4.23. The summed E-state index contributed by atoms with van der Waals surface area (Å²) in [5.41, 5.74) is 1.38. The van der Waals surface area contributed by atoms with Crippen LogP contribution in [0.25, 0.3) is 0 Å². The summed E-state index contributed by atoms with van der Waals surface area (Å²) in [7, 11) is 0. The van der Waals surface area contributed by atoms with Crippen LogP contribution in [-0.4, -0.2) is 53.2 Å². The molecule has 0 amide bonds. The van der Waals surface area contributed by atoms with Crippen LogP contribution in [0.5, 0.6) is 0 Å². The first-order chi connectivity index (χ1) is 9.50. The molecule has 1 aliphatic heterocycles. The van der Waals surface area contributed by atoms with Crippen LogP contribution in [0.4, 0.5) is 0 Å². The molecular weight excluding hydrogens is 328 g/mol. The number of carboxylic acids is 2. The van der Waals surface area contributed by atoms with Gasteiger partial charge in [0.1, 0.15) is 0 Å². The molecule has 1 aliphatic rings. The quantitative estimate of drug-likeness (QED) is 0.694. The van der Waals surface area contributed by atoms with Gasteiger partial charge in [-0.3, -0.25) is 4.90 Å². The Balaban J connectivity index is 0.000000286. The van der Waals surface area contributed by atoms with Gasteiger partial charge in [-0.2, -0.15) is 0 Å². The maximum absolute atomic E-state index is 9.10. The Bertz CT molecular complexity index is 449. The van der Waals surface area contributed by atoms with Gasteiger partial charge in [-0.15, -0.1) is 0 Å². The maximum atomic E-state index is 9.10. The zero-order chi connectivity index (χ0) is 15.0. The van der Waals surface area contributed by atoms with Crippen molar-refractivity contribution in [1.29, 1.82) is 0 Å². The van der Waals surface area contributed by atoms with Crippen molar-refractivity contribution in [2.45, 2.75) is 6.54 Å². The highest BCUT2D eigenvalue weighted by molar-refractivity contribution is 9.10. The minimum atomic E-state index is -1.82. The van der Waals surface area contributed by atoms with Crippen molar-refractivity contribution in [3.8, 4) is 0 Å². The topological polar surface area (TPSA) is 89.9 Å². The molecule has 0 bridgehead atoms. The van der Waals surface area contributed by atoms with E-state index in [9.17, 15) is 0 Å². The lowest BCUT2D eigenvalue weighted by Gasteiger charge is -2.27. The highest BCUT2D eigenvalue weighted by atomic mass is 79.9. The molecule has 110 valence electrons. The first kappa shape index (κ1) is 16.6. The summed E-state index contributed by atoms with van der Waals surface area (Å²) < 4.78 is 1.22. The fraction of sp³-hybridized carbons (Fsp3) is 0.385. The summed E-state index contributed by atoms with van der Waals surface area (Å²) in [5, 5.41) is 18.1. The first-order valence-corrected chi connectivity index (χ1v) is 6.92. The van der Waals surface area contributed by atoms with Gasteiger partial charge >= 0.3 is 11.9 Å². The van der Waals surface area contributed by atoms with Crippen molar-refractivity contribution in [3.63, 3.8) is 0 Å². The standard InChI is InChI=1S/C11H15BrN2.C2H2O4/c12-11-4-2-1-3-10(11)9-14-7-5-13-6-8-14;3-1(4)2(5)6/h1-4,13H,5-9H2;(H,3,4)(H,5,6). The molecule has 1 aromatic carbocycles. The molecule has 1 heterocycles. The fourth-order valence-corrected chi connectivity index (χ4v) is 2.15. The van der Waals surface area contributed by atoms with E-state index in [1.807, 2.05) is 0 Å². The Hall–Kier alpha value is -1.44. The zero-order valence-electron chi connectivity index (χ0n) is 10.9. The minimum absolute atomic E-state index is 1.06. The maximum Gasteiger partial charge on any atom is 0.414 e. The van der Waals surface area contributed by atoms with Gasteiger partial charge in [0.25, 0.3) is 0 Å². The van der Waals surface area contributed by atoms with Crippen LogP contribution in [0.2, 0.25) is 0 Å². The summed E-state index contributed by atoms with van der Waals surface area (Å²) in [6.07, 6.45) is 0. The van der Waals surface area contributed by atoms with Gasteiger partial charge in [0.05, 0.1) is 0 Å². The second kappa shape index (κ2) is 8.68. The largest absolute Gasteiger partial charge is 0.473 e. The number of hydrogen-bond donors (Lipinski definition) is 3. The molecule has 1 fully saturated rings. The zero-order valence-corrected chi connectivity index (χ0v) is 12.5. The third kappa shape index (κ3) is 6.14. The van der Waals surface area contributed by atoms with Gasteiger partial charge in [-0.25, -0.2) is 9.59 Å². The molecule has 0 unspecified atom stereocenters. The predicted octanol–water partition coefficient (Wildman–Crippen LogP) is 1.01. The van der Waals surface area contributed by atoms with Crippen molar-refractivity contribution in [2.24, 2.45) is 0 Å². The Morgan fingerprint density at radius 2 is 1.70 bits per heavy atom. The van der Waals surface area contributed by atoms with E-state index < -0.39 is 11.9 Å². The lowest BCUT2D eigenvalue weighted by Crippen LogP contribution is -2.42. The Morgan fingerprint density at radius 1 is 1.15 bits per heavy atom. The number of nitrogens with zero attached hydrogens (tertiary/aromatic N) is 1. The van der Waals surface area contributed by atoms with Crippen molar-refractivity contribution in [2.75, 3.05) is 26.2 Å². The average molecular weight is 345 g/mol. The van der Waals surface area contributed by atoms with Crippen LogP contribution in [0, 0.1) is 0 Å². The van der Waals surface area contributed by atoms with Crippen molar-refractivity contribution < 1.29 is 19.8 Å². The normalized spacial score (nSPS) is 15.1. The number of halogens is 1. The van der Waals surface area contributed by atoms with Crippen LogP contribution in [0.3, 0.4) is 0 Å². The van der Waals surface area contributed by atoms with Crippen LogP contribution in [-0.2, 0) is 16.1 Å². The number of hydrogen-bond acceptors (Lipinski definition) is 4. The van der Waals surface area contributed by atoms with Crippen LogP contribution in [0.15, 0.2) is 28.7 Å². The lowest BCUT2D eigenvalue weighted by molar-refractivity contribution is -0.159. The third-order valence-corrected chi connectivity index (χ3v) is 3.52. The number of carbonyl (C=O) groups is 2. The van der Waals surface area contributed by atoms with E-state index in [2.05, 4.69) is 50.4 Å². The smallest absolute Gasteiger partial charge is 0.414 e. The second-order valence-corrected chi connectivity index (χ2v) is 5.08. The summed E-state index contributed by atoms with van der Waals surface area (Å²) >= 11 is 3.58. The molecule has 0 aliphatic carbocycles.